The molecule has 0 N–H and O–H groups in total. The maximum Gasteiger partial charge on any atom is 0.312 e. The van der Waals surface area contributed by atoms with Crippen molar-refractivity contribution in [2.45, 2.75) is 18.9 Å². The van der Waals surface area contributed by atoms with Crippen LogP contribution in [0.1, 0.15) is 23.2 Å². The first-order valence-electron chi connectivity index (χ1n) is 9.02. The number of halogens is 3. The number of nitrogens with zero attached hydrogens (tertiary/aromatic N) is 1. The molecule has 0 bridgehead atoms. The predicted molar refractivity (Wildman–Crippen MR) is 108 cm³/mol. The van der Waals surface area contributed by atoms with Crippen LogP contribution in [0.5, 0.6) is 0 Å². The van der Waals surface area contributed by atoms with Gasteiger partial charge in [0, 0.05) is 30.8 Å². The van der Waals surface area contributed by atoms with Gasteiger partial charge in [-0.3, -0.25) is 14.4 Å². The van der Waals surface area contributed by atoms with Gasteiger partial charge < -0.3 is 9.64 Å². The highest BCUT2D eigenvalue weighted by molar-refractivity contribution is 6.33. The Hall–Kier alpha value is -2.44. The zero-order valence-electron chi connectivity index (χ0n) is 15.3. The zero-order valence-corrected chi connectivity index (χ0v) is 16.8. The molecule has 1 aliphatic heterocycles. The number of carbonyl (C=O) groups excluding carboxylic acids is 3. The molecule has 0 spiro atoms. The minimum atomic E-state index is -1.10. The fourth-order valence-corrected chi connectivity index (χ4v) is 3.58. The first-order chi connectivity index (χ1) is 13.9. The number of amides is 1. The molecule has 1 fully saturated rings. The molecule has 0 aromatic heterocycles. The van der Waals surface area contributed by atoms with Crippen molar-refractivity contribution in [2.75, 3.05) is 17.3 Å². The van der Waals surface area contributed by atoms with E-state index in [0.717, 1.165) is 12.1 Å². The van der Waals surface area contributed by atoms with Gasteiger partial charge in [-0.25, -0.2) is 4.39 Å². The summed E-state index contributed by atoms with van der Waals surface area (Å²) in [7, 11) is 0. The van der Waals surface area contributed by atoms with Crippen LogP contribution < -0.4 is 4.90 Å². The van der Waals surface area contributed by atoms with Crippen LogP contribution in [0.4, 0.5) is 10.1 Å². The van der Waals surface area contributed by atoms with E-state index in [1.165, 1.54) is 17.0 Å². The van der Waals surface area contributed by atoms with Crippen molar-refractivity contribution in [1.29, 1.82) is 0 Å². The quantitative estimate of drug-likeness (QED) is 0.368. The summed E-state index contributed by atoms with van der Waals surface area (Å²) >= 11 is 11.9. The highest BCUT2D eigenvalue weighted by atomic mass is 35.5. The summed E-state index contributed by atoms with van der Waals surface area (Å²) in [5, 5.41) is 0.404. The second kappa shape index (κ2) is 9.37. The number of esters is 1. The van der Waals surface area contributed by atoms with Crippen molar-refractivity contribution >= 4 is 46.5 Å². The molecule has 1 amide bonds. The Kier molecular flexibility index (Phi) is 6.87. The fraction of sp³-hybridized carbons (Fsp3) is 0.286. The summed E-state index contributed by atoms with van der Waals surface area (Å²) in [5.41, 5.74) is 0.740. The second-order valence-corrected chi connectivity index (χ2v) is 7.42. The molecule has 2 atom stereocenters. The highest BCUT2D eigenvalue weighted by Crippen LogP contribution is 2.31. The van der Waals surface area contributed by atoms with E-state index in [9.17, 15) is 18.8 Å². The van der Waals surface area contributed by atoms with Crippen molar-refractivity contribution in [3.8, 4) is 0 Å². The van der Waals surface area contributed by atoms with Gasteiger partial charge in [-0.2, -0.15) is 0 Å². The number of alkyl halides is 1. The van der Waals surface area contributed by atoms with E-state index in [-0.39, 0.29) is 36.7 Å². The van der Waals surface area contributed by atoms with E-state index in [1.807, 2.05) is 0 Å². The van der Waals surface area contributed by atoms with Crippen LogP contribution in [0, 0.1) is 11.7 Å². The number of anilines is 1. The molecule has 2 aromatic carbocycles. The number of ether oxygens (including phenoxy) is 1. The maximum absolute atomic E-state index is 13.1. The number of rotatable bonds is 7. The summed E-state index contributed by atoms with van der Waals surface area (Å²) in [6.07, 6.45) is -1.03. The molecule has 8 heteroatoms. The van der Waals surface area contributed by atoms with Crippen LogP contribution in [0.15, 0.2) is 48.5 Å². The van der Waals surface area contributed by atoms with E-state index < -0.39 is 29.6 Å². The summed E-state index contributed by atoms with van der Waals surface area (Å²) in [4.78, 5) is 39.1. The minimum Gasteiger partial charge on any atom is -0.454 e. The minimum absolute atomic E-state index is 0.0393. The zero-order chi connectivity index (χ0) is 21.0. The number of benzene rings is 2. The van der Waals surface area contributed by atoms with Gasteiger partial charge in [0.1, 0.15) is 5.82 Å². The molecule has 0 radical (unpaired) electrons. The van der Waals surface area contributed by atoms with Gasteiger partial charge in [0.2, 0.25) is 11.7 Å². The predicted octanol–water partition coefficient (Wildman–Crippen LogP) is 4.26. The summed E-state index contributed by atoms with van der Waals surface area (Å²) in [6, 6.07) is 11.8. The normalized spacial score (nSPS) is 17.3. The molecule has 2 aromatic rings. The molecular formula is C21H18Cl2FNO4. The Morgan fingerprint density at radius 1 is 1.17 bits per heavy atom. The van der Waals surface area contributed by atoms with Crippen molar-refractivity contribution < 1.29 is 23.5 Å². The van der Waals surface area contributed by atoms with Crippen molar-refractivity contribution in [2.24, 2.45) is 5.92 Å². The van der Waals surface area contributed by atoms with Crippen LogP contribution in [0.25, 0.3) is 0 Å². The molecule has 3 rings (SSSR count). The van der Waals surface area contributed by atoms with Crippen molar-refractivity contribution in [1.82, 2.24) is 0 Å². The maximum atomic E-state index is 13.1. The lowest BCUT2D eigenvalue weighted by molar-refractivity contribution is -0.151. The first-order valence-corrected chi connectivity index (χ1v) is 9.93. The average molecular weight is 438 g/mol. The number of ketones is 1. The van der Waals surface area contributed by atoms with Crippen LogP contribution in [-0.4, -0.2) is 36.2 Å². The molecular weight excluding hydrogens is 420 g/mol. The Bertz CT molecular complexity index is 919. The molecule has 5 nitrogen and oxygen atoms in total. The molecule has 29 heavy (non-hydrogen) atoms. The summed E-state index contributed by atoms with van der Waals surface area (Å²) in [6.45, 7) is 0.111. The van der Waals surface area contributed by atoms with Crippen LogP contribution in [-0.2, 0) is 14.3 Å². The van der Waals surface area contributed by atoms with Crippen molar-refractivity contribution in [3.63, 3.8) is 0 Å². The third-order valence-corrected chi connectivity index (χ3v) is 5.19. The van der Waals surface area contributed by atoms with Gasteiger partial charge in [-0.05, 0) is 36.4 Å². The van der Waals surface area contributed by atoms with E-state index in [0.29, 0.717) is 10.7 Å². The molecule has 152 valence electrons. The van der Waals surface area contributed by atoms with Crippen LogP contribution in [0.2, 0.25) is 5.02 Å². The number of hydrogen-bond donors (Lipinski definition) is 0. The smallest absolute Gasteiger partial charge is 0.312 e. The van der Waals surface area contributed by atoms with E-state index in [2.05, 4.69) is 0 Å². The van der Waals surface area contributed by atoms with Crippen molar-refractivity contribution in [3.05, 3.63) is 64.9 Å². The van der Waals surface area contributed by atoms with E-state index in [4.69, 9.17) is 27.9 Å². The molecule has 0 saturated carbocycles. The standard InChI is InChI=1S/C21H18Cl2FNO4/c22-10-9-18(20(27)13-5-7-15(24)8-6-13)29-21(28)14-11-19(26)25(12-14)17-4-2-1-3-16(17)23/h1-8,14,18H,9-12H2/t14-,18+/m0/s1. The topological polar surface area (TPSA) is 63.7 Å². The van der Waals surface area contributed by atoms with Crippen LogP contribution >= 0.6 is 23.2 Å². The average Bonchev–Trinajstić information content (AvgIpc) is 3.09. The molecule has 1 heterocycles. The Balaban J connectivity index is 1.70. The molecule has 0 aliphatic carbocycles. The first kappa shape index (κ1) is 21.3. The third kappa shape index (κ3) is 4.95. The number of hydrogen-bond acceptors (Lipinski definition) is 4. The highest BCUT2D eigenvalue weighted by Gasteiger charge is 2.38. The largest absolute Gasteiger partial charge is 0.454 e. The third-order valence-electron chi connectivity index (χ3n) is 4.65. The SMILES string of the molecule is O=C(O[C@H](CCCl)C(=O)c1ccc(F)cc1)[C@H]1CC(=O)N(c2ccccc2Cl)C1. The van der Waals surface area contributed by atoms with Gasteiger partial charge >= 0.3 is 5.97 Å². The Morgan fingerprint density at radius 2 is 1.86 bits per heavy atom. The number of carbonyl (C=O) groups is 3. The monoisotopic (exact) mass is 437 g/mol. The van der Waals surface area contributed by atoms with E-state index >= 15 is 0 Å². The summed E-state index contributed by atoms with van der Waals surface area (Å²) in [5.74, 6) is -2.47. The van der Waals surface area contributed by atoms with Gasteiger partial charge in [0.05, 0.1) is 16.6 Å². The lowest BCUT2D eigenvalue weighted by Gasteiger charge is -2.20. The second-order valence-electron chi connectivity index (χ2n) is 6.63. The molecule has 1 aliphatic rings. The fourth-order valence-electron chi connectivity index (χ4n) is 3.15. The Labute approximate surface area is 177 Å². The number of para-hydroxylation sites is 1. The summed E-state index contributed by atoms with van der Waals surface area (Å²) < 4.78 is 18.5. The van der Waals surface area contributed by atoms with Gasteiger partial charge in [0.25, 0.3) is 0 Å². The lowest BCUT2D eigenvalue weighted by Crippen LogP contribution is -2.32. The Morgan fingerprint density at radius 3 is 2.52 bits per heavy atom. The van der Waals surface area contributed by atoms with E-state index in [1.54, 1.807) is 24.3 Å². The molecule has 0 unspecified atom stereocenters. The molecule has 1 saturated heterocycles. The van der Waals surface area contributed by atoms with Gasteiger partial charge in [-0.1, -0.05) is 23.7 Å². The van der Waals surface area contributed by atoms with Gasteiger partial charge in [-0.15, -0.1) is 11.6 Å². The number of Topliss-reactive ketones (excluding diaryl/α,β-unsaturated/α-hetero) is 1. The van der Waals surface area contributed by atoms with Gasteiger partial charge in [0.15, 0.2) is 6.10 Å². The lowest BCUT2D eigenvalue weighted by atomic mass is 10.0. The van der Waals surface area contributed by atoms with Crippen LogP contribution in [0.3, 0.4) is 0 Å².